The molecule has 4 fully saturated rings. The van der Waals surface area contributed by atoms with Crippen LogP contribution in [-0.2, 0) is 9.47 Å². The predicted octanol–water partition coefficient (Wildman–Crippen LogP) is 2.59. The first-order valence-electron chi connectivity index (χ1n) is 8.20. The lowest BCUT2D eigenvalue weighted by atomic mass is 9.48. The van der Waals surface area contributed by atoms with E-state index in [1.807, 2.05) is 0 Å². The first kappa shape index (κ1) is 15.6. The van der Waals surface area contributed by atoms with Crippen molar-refractivity contribution < 1.29 is 9.47 Å². The van der Waals surface area contributed by atoms with Gasteiger partial charge in [-0.3, -0.25) is 10.4 Å². The number of pyridine rings is 1. The third kappa shape index (κ3) is 1.60. The van der Waals surface area contributed by atoms with E-state index in [1.54, 1.807) is 24.5 Å². The molecule has 4 aliphatic rings. The maximum atomic E-state index is 10.1. The quantitative estimate of drug-likeness (QED) is 0.841. The van der Waals surface area contributed by atoms with Gasteiger partial charge in [-0.1, -0.05) is 6.42 Å². The minimum absolute atomic E-state index is 0.343. The fourth-order valence-corrected chi connectivity index (χ4v) is 4.68. The Morgan fingerprint density at radius 1 is 1.12 bits per heavy atom. The molecule has 1 N–H and O–H groups in total. The van der Waals surface area contributed by atoms with Crippen molar-refractivity contribution in [3.8, 4) is 18.2 Å². The van der Waals surface area contributed by atoms with Crippen LogP contribution in [0, 0.1) is 56.2 Å². The summed E-state index contributed by atoms with van der Waals surface area (Å²) in [5, 5.41) is 38.6. The summed E-state index contributed by atoms with van der Waals surface area (Å²) in [6, 6.07) is 9.69. The molecule has 0 amide bonds. The maximum Gasteiger partial charge on any atom is 0.218 e. The third-order valence-electron chi connectivity index (χ3n) is 5.83. The van der Waals surface area contributed by atoms with Crippen molar-refractivity contribution in [2.45, 2.75) is 37.6 Å². The highest BCUT2D eigenvalue weighted by molar-refractivity contribution is 5.89. The highest BCUT2D eigenvalue weighted by Crippen LogP contribution is 2.69. The summed E-state index contributed by atoms with van der Waals surface area (Å²) in [6.45, 7) is 0. The number of aromatic nitrogens is 1. The van der Waals surface area contributed by atoms with Crippen LogP contribution >= 0.6 is 0 Å². The number of nitrogens with zero attached hydrogens (tertiary/aromatic N) is 4. The topological polar surface area (TPSA) is 127 Å². The highest BCUT2D eigenvalue weighted by Gasteiger charge is 2.80. The molecule has 7 nitrogen and oxygen atoms in total. The molecular weight excluding hydrogens is 318 g/mol. The Bertz CT molecular complexity index is 850. The molecule has 0 aromatic carbocycles. The van der Waals surface area contributed by atoms with Gasteiger partial charge in [0, 0.05) is 18.8 Å². The zero-order chi connectivity index (χ0) is 17.7. The normalized spacial score (nSPS) is 37.7. The molecule has 5 rings (SSSR count). The molecule has 1 spiro atoms. The largest absolute Gasteiger partial charge is 0.447 e. The Morgan fingerprint density at radius 2 is 1.84 bits per heavy atom. The Balaban J connectivity index is 2.02. The predicted molar refractivity (Wildman–Crippen MR) is 83.3 cm³/mol. The van der Waals surface area contributed by atoms with Crippen LogP contribution in [0.25, 0.3) is 0 Å². The SMILES string of the molecule is N#CC1(C#N)[C@H]2CCCC[C@]23OC(=N)[C@@]1(C#N)[C@H](c1ccncc1)O3. The summed E-state index contributed by atoms with van der Waals surface area (Å²) < 4.78 is 12.1. The molecule has 124 valence electrons. The van der Waals surface area contributed by atoms with Crippen molar-refractivity contribution >= 4 is 5.90 Å². The molecule has 1 saturated carbocycles. The smallest absolute Gasteiger partial charge is 0.218 e. The second kappa shape index (κ2) is 5.02. The third-order valence-corrected chi connectivity index (χ3v) is 5.83. The van der Waals surface area contributed by atoms with Crippen LogP contribution in [-0.4, -0.2) is 16.7 Å². The first-order chi connectivity index (χ1) is 12.1. The van der Waals surface area contributed by atoms with Gasteiger partial charge in [0.05, 0.1) is 24.1 Å². The number of hydrogen-bond donors (Lipinski definition) is 1. The van der Waals surface area contributed by atoms with Crippen LogP contribution in [0.5, 0.6) is 0 Å². The minimum Gasteiger partial charge on any atom is -0.447 e. The van der Waals surface area contributed by atoms with Crippen molar-refractivity contribution in [2.75, 3.05) is 0 Å². The van der Waals surface area contributed by atoms with Gasteiger partial charge in [0.2, 0.25) is 11.7 Å². The summed E-state index contributed by atoms with van der Waals surface area (Å²) in [6.07, 6.45) is 4.91. The summed E-state index contributed by atoms with van der Waals surface area (Å²) in [7, 11) is 0. The number of rotatable bonds is 1. The molecule has 0 radical (unpaired) electrons. The molecule has 4 atom stereocenters. The summed E-state index contributed by atoms with van der Waals surface area (Å²) in [5.41, 5.74) is -2.88. The van der Waals surface area contributed by atoms with Crippen molar-refractivity contribution in [3.05, 3.63) is 30.1 Å². The fourth-order valence-electron chi connectivity index (χ4n) is 4.68. The van der Waals surface area contributed by atoms with Gasteiger partial charge in [-0.2, -0.15) is 15.8 Å². The van der Waals surface area contributed by atoms with Crippen LogP contribution in [0.4, 0.5) is 0 Å². The van der Waals surface area contributed by atoms with Crippen LogP contribution in [0.1, 0.15) is 37.4 Å². The second-order valence-electron chi connectivity index (χ2n) is 6.77. The molecule has 4 heterocycles. The molecule has 3 aliphatic heterocycles. The lowest BCUT2D eigenvalue weighted by Crippen LogP contribution is -2.73. The molecule has 1 aromatic heterocycles. The van der Waals surface area contributed by atoms with Crippen LogP contribution < -0.4 is 0 Å². The molecule has 7 heteroatoms. The lowest BCUT2D eigenvalue weighted by molar-refractivity contribution is -0.360. The molecular formula is C18H15N5O2. The van der Waals surface area contributed by atoms with E-state index in [0.29, 0.717) is 18.4 Å². The summed E-state index contributed by atoms with van der Waals surface area (Å²) in [4.78, 5) is 3.97. The van der Waals surface area contributed by atoms with E-state index in [-0.39, 0.29) is 5.90 Å². The van der Waals surface area contributed by atoms with E-state index in [4.69, 9.17) is 14.9 Å². The number of hydrogen-bond acceptors (Lipinski definition) is 7. The van der Waals surface area contributed by atoms with Gasteiger partial charge in [0.1, 0.15) is 6.10 Å². The van der Waals surface area contributed by atoms with Gasteiger partial charge in [-0.15, -0.1) is 0 Å². The number of nitriles is 3. The highest BCUT2D eigenvalue weighted by atomic mass is 16.7. The molecule has 2 bridgehead atoms. The van der Waals surface area contributed by atoms with Gasteiger partial charge in [0.15, 0.2) is 10.8 Å². The zero-order valence-corrected chi connectivity index (χ0v) is 13.4. The molecule has 1 aromatic rings. The number of fused-ring (bicyclic) bond motifs is 2. The van der Waals surface area contributed by atoms with Crippen LogP contribution in [0.3, 0.4) is 0 Å². The Morgan fingerprint density at radius 3 is 2.48 bits per heavy atom. The average Bonchev–Trinajstić information content (AvgIpc) is 2.66. The van der Waals surface area contributed by atoms with E-state index < -0.39 is 28.6 Å². The van der Waals surface area contributed by atoms with Gasteiger partial charge >= 0.3 is 0 Å². The monoisotopic (exact) mass is 333 g/mol. The fraction of sp³-hybridized carbons (Fsp3) is 0.500. The zero-order valence-electron chi connectivity index (χ0n) is 13.4. The second-order valence-corrected chi connectivity index (χ2v) is 6.77. The lowest BCUT2D eigenvalue weighted by Gasteiger charge is -2.63. The van der Waals surface area contributed by atoms with E-state index >= 15 is 0 Å². The van der Waals surface area contributed by atoms with Crippen LogP contribution in [0.15, 0.2) is 24.5 Å². The van der Waals surface area contributed by atoms with Gasteiger partial charge in [0.25, 0.3) is 0 Å². The van der Waals surface area contributed by atoms with E-state index in [0.717, 1.165) is 12.8 Å². The van der Waals surface area contributed by atoms with Gasteiger partial charge in [-0.05, 0) is 30.5 Å². The van der Waals surface area contributed by atoms with Crippen LogP contribution in [0.2, 0.25) is 0 Å². The molecule has 1 aliphatic carbocycles. The van der Waals surface area contributed by atoms with E-state index in [1.165, 1.54) is 0 Å². The van der Waals surface area contributed by atoms with Crippen molar-refractivity contribution in [3.63, 3.8) is 0 Å². The average molecular weight is 333 g/mol. The van der Waals surface area contributed by atoms with Crippen molar-refractivity contribution in [1.82, 2.24) is 4.98 Å². The molecule has 3 saturated heterocycles. The summed E-state index contributed by atoms with van der Waals surface area (Å²) >= 11 is 0. The van der Waals surface area contributed by atoms with E-state index in [9.17, 15) is 15.8 Å². The Kier molecular flexibility index (Phi) is 3.13. The number of ether oxygens (including phenoxy) is 2. The minimum atomic E-state index is -1.80. The maximum absolute atomic E-state index is 10.1. The Hall–Kier alpha value is -2.95. The molecule has 0 unspecified atom stereocenters. The standard InChI is InChI=1S/C18H15N5O2/c19-9-16(10-20)13-3-1-2-6-18(13)24-14(12-4-7-23-8-5-12)17(16,11-21)15(22)25-18/h4-5,7-8,13-14,22H,1-3,6H2/t13-,14+,17-,18+/m1/s1. The van der Waals surface area contributed by atoms with E-state index in [2.05, 4.69) is 23.2 Å². The van der Waals surface area contributed by atoms with Gasteiger partial charge in [-0.25, -0.2) is 0 Å². The number of nitrogens with one attached hydrogen (secondary N) is 1. The Labute approximate surface area is 144 Å². The van der Waals surface area contributed by atoms with Gasteiger partial charge < -0.3 is 9.47 Å². The first-order valence-corrected chi connectivity index (χ1v) is 8.20. The molecule has 25 heavy (non-hydrogen) atoms. The van der Waals surface area contributed by atoms with Crippen molar-refractivity contribution in [2.24, 2.45) is 16.7 Å². The summed E-state index contributed by atoms with van der Waals surface area (Å²) in [5.74, 6) is -2.10. The van der Waals surface area contributed by atoms with Crippen molar-refractivity contribution in [1.29, 1.82) is 21.2 Å².